The van der Waals surface area contributed by atoms with Crippen molar-refractivity contribution < 1.29 is 9.53 Å². The number of benzene rings is 2. The molecule has 0 radical (unpaired) electrons. The number of hydrogen-bond donors (Lipinski definition) is 2. The molecule has 1 unspecified atom stereocenters. The zero-order valence-corrected chi connectivity index (χ0v) is 18.3. The monoisotopic (exact) mass is 428 g/mol. The van der Waals surface area contributed by atoms with E-state index in [1.807, 2.05) is 31.2 Å². The van der Waals surface area contributed by atoms with Gasteiger partial charge in [0.1, 0.15) is 5.75 Å². The zero-order valence-electron chi connectivity index (χ0n) is 16.6. The van der Waals surface area contributed by atoms with Gasteiger partial charge in [-0.3, -0.25) is 4.79 Å². The first kappa shape index (κ1) is 21.1. The van der Waals surface area contributed by atoms with Crippen LogP contribution in [0.5, 0.6) is 5.75 Å². The van der Waals surface area contributed by atoms with Crippen LogP contribution in [0, 0.1) is 0 Å². The van der Waals surface area contributed by atoms with Gasteiger partial charge >= 0.3 is 0 Å². The minimum absolute atomic E-state index is 0.0282. The summed E-state index contributed by atoms with van der Waals surface area (Å²) in [6.45, 7) is 4.12. The van der Waals surface area contributed by atoms with Crippen molar-refractivity contribution in [1.82, 2.24) is 15.5 Å². The molecule has 0 aliphatic carbocycles. The number of hydrogen-bond acceptors (Lipinski definition) is 7. The Hall–Kier alpha value is -2.58. The fourth-order valence-electron chi connectivity index (χ4n) is 2.68. The highest BCUT2D eigenvalue weighted by Crippen LogP contribution is 2.28. The molecule has 1 atom stereocenters. The number of aryl methyl sites for hydroxylation is 1. The fourth-order valence-corrected chi connectivity index (χ4v) is 4.26. The average Bonchev–Trinajstić information content (AvgIpc) is 3.19. The second-order valence-electron chi connectivity index (χ2n) is 6.40. The summed E-state index contributed by atoms with van der Waals surface area (Å²) in [5, 5.41) is 15.2. The minimum Gasteiger partial charge on any atom is -0.497 e. The predicted octanol–water partition coefficient (Wildman–Crippen LogP) is 4.82. The van der Waals surface area contributed by atoms with Gasteiger partial charge in [-0.05, 0) is 36.6 Å². The van der Waals surface area contributed by atoms with Gasteiger partial charge in [0.2, 0.25) is 11.0 Å². The quantitative estimate of drug-likeness (QED) is 0.476. The Balaban J connectivity index is 1.48. The van der Waals surface area contributed by atoms with E-state index >= 15 is 0 Å². The third-order valence-corrected chi connectivity index (χ3v) is 6.29. The maximum Gasteiger partial charge on any atom is 0.230 e. The molecule has 6 nitrogen and oxygen atoms in total. The van der Waals surface area contributed by atoms with Crippen LogP contribution in [-0.4, -0.2) is 29.0 Å². The molecule has 0 saturated heterocycles. The summed E-state index contributed by atoms with van der Waals surface area (Å²) in [4.78, 5) is 12.3. The summed E-state index contributed by atoms with van der Waals surface area (Å²) in [7, 11) is 1.63. The number of rotatable bonds is 9. The number of methoxy groups -OCH3 is 1. The van der Waals surface area contributed by atoms with E-state index in [1.165, 1.54) is 28.7 Å². The second kappa shape index (κ2) is 10.3. The van der Waals surface area contributed by atoms with E-state index in [4.69, 9.17) is 4.74 Å². The molecule has 1 heterocycles. The first-order valence-corrected chi connectivity index (χ1v) is 11.1. The summed E-state index contributed by atoms with van der Waals surface area (Å²) in [5.41, 5.74) is 3.26. The molecule has 29 heavy (non-hydrogen) atoms. The van der Waals surface area contributed by atoms with Crippen LogP contribution in [0.15, 0.2) is 52.9 Å². The summed E-state index contributed by atoms with van der Waals surface area (Å²) in [5.74, 6) is 1.04. The van der Waals surface area contributed by atoms with Crippen LogP contribution in [0.1, 0.15) is 31.0 Å². The number of thioether (sulfide) groups is 1. The Kier molecular flexibility index (Phi) is 7.48. The minimum atomic E-state index is -0.0336. The molecule has 3 rings (SSSR count). The van der Waals surface area contributed by atoms with Gasteiger partial charge in [-0.25, -0.2) is 0 Å². The molecule has 0 aliphatic heterocycles. The lowest BCUT2D eigenvalue weighted by Gasteiger charge is -2.14. The maximum absolute atomic E-state index is 12.3. The van der Waals surface area contributed by atoms with Gasteiger partial charge in [0.25, 0.3) is 0 Å². The standard InChI is InChI=1S/C21H24N4O2S2/c1-4-15-8-10-16(11-9-15)14(2)22-19(26)13-28-21-25-24-20(29-21)23-17-6-5-7-18(12-17)27-3/h5-12,14H,4,13H2,1-3H3,(H,22,26)(H,23,24). The van der Waals surface area contributed by atoms with Crippen molar-refractivity contribution in [3.63, 3.8) is 0 Å². The molecular weight excluding hydrogens is 404 g/mol. The lowest BCUT2D eigenvalue weighted by molar-refractivity contribution is -0.119. The second-order valence-corrected chi connectivity index (χ2v) is 8.60. The van der Waals surface area contributed by atoms with Crippen molar-refractivity contribution in [1.29, 1.82) is 0 Å². The van der Waals surface area contributed by atoms with Gasteiger partial charge in [-0.1, -0.05) is 60.4 Å². The van der Waals surface area contributed by atoms with Crippen molar-refractivity contribution in [2.75, 3.05) is 18.2 Å². The van der Waals surface area contributed by atoms with Crippen LogP contribution >= 0.6 is 23.1 Å². The zero-order chi connectivity index (χ0) is 20.6. The Morgan fingerprint density at radius 1 is 1.21 bits per heavy atom. The van der Waals surface area contributed by atoms with Gasteiger partial charge in [0.05, 0.1) is 18.9 Å². The van der Waals surface area contributed by atoms with E-state index < -0.39 is 0 Å². The molecule has 0 bridgehead atoms. The number of ether oxygens (including phenoxy) is 1. The van der Waals surface area contributed by atoms with E-state index in [0.29, 0.717) is 10.9 Å². The first-order valence-electron chi connectivity index (χ1n) is 9.33. The third-order valence-electron chi connectivity index (χ3n) is 4.32. The molecule has 2 N–H and O–H groups in total. The normalized spacial score (nSPS) is 11.7. The summed E-state index contributed by atoms with van der Waals surface area (Å²) in [6, 6.07) is 15.9. The van der Waals surface area contributed by atoms with Crippen LogP contribution < -0.4 is 15.4 Å². The van der Waals surface area contributed by atoms with Gasteiger partial charge in [0, 0.05) is 11.8 Å². The van der Waals surface area contributed by atoms with E-state index in [-0.39, 0.29) is 11.9 Å². The molecule has 0 aliphatic rings. The third kappa shape index (κ3) is 6.20. The lowest BCUT2D eigenvalue weighted by atomic mass is 10.1. The number of nitrogens with zero attached hydrogens (tertiary/aromatic N) is 2. The number of carbonyl (C=O) groups is 1. The van der Waals surface area contributed by atoms with E-state index in [9.17, 15) is 4.79 Å². The van der Waals surface area contributed by atoms with Gasteiger partial charge in [-0.2, -0.15) is 0 Å². The number of anilines is 2. The molecule has 1 amide bonds. The van der Waals surface area contributed by atoms with Gasteiger partial charge in [0.15, 0.2) is 4.34 Å². The van der Waals surface area contributed by atoms with Crippen LogP contribution in [0.2, 0.25) is 0 Å². The Morgan fingerprint density at radius 2 is 2.00 bits per heavy atom. The molecule has 0 saturated carbocycles. The maximum atomic E-state index is 12.3. The molecule has 3 aromatic rings. The van der Waals surface area contributed by atoms with Crippen molar-refractivity contribution in [2.45, 2.75) is 30.6 Å². The number of amides is 1. The van der Waals surface area contributed by atoms with E-state index in [2.05, 4.69) is 52.0 Å². The molecule has 0 fully saturated rings. The van der Waals surface area contributed by atoms with Crippen LogP contribution in [-0.2, 0) is 11.2 Å². The summed E-state index contributed by atoms with van der Waals surface area (Å²) >= 11 is 2.79. The highest BCUT2D eigenvalue weighted by molar-refractivity contribution is 8.01. The van der Waals surface area contributed by atoms with E-state index in [0.717, 1.165) is 27.8 Å². The Morgan fingerprint density at radius 3 is 2.72 bits per heavy atom. The van der Waals surface area contributed by atoms with Crippen LogP contribution in [0.25, 0.3) is 0 Å². The summed E-state index contributed by atoms with van der Waals surface area (Å²) in [6.07, 6.45) is 1.01. The van der Waals surface area contributed by atoms with E-state index in [1.54, 1.807) is 7.11 Å². The Labute approximate surface area is 179 Å². The van der Waals surface area contributed by atoms with Gasteiger partial charge < -0.3 is 15.4 Å². The Bertz CT molecular complexity index is 944. The van der Waals surface area contributed by atoms with Crippen molar-refractivity contribution in [2.24, 2.45) is 0 Å². The SMILES string of the molecule is CCc1ccc(C(C)NC(=O)CSc2nnc(Nc3cccc(OC)c3)s2)cc1. The average molecular weight is 429 g/mol. The van der Waals surface area contributed by atoms with Crippen molar-refractivity contribution >= 4 is 39.8 Å². The largest absolute Gasteiger partial charge is 0.497 e. The molecule has 8 heteroatoms. The van der Waals surface area contributed by atoms with Crippen LogP contribution in [0.3, 0.4) is 0 Å². The van der Waals surface area contributed by atoms with Crippen molar-refractivity contribution in [3.8, 4) is 5.75 Å². The number of aromatic nitrogens is 2. The molecule has 2 aromatic carbocycles. The predicted molar refractivity (Wildman–Crippen MR) is 119 cm³/mol. The lowest BCUT2D eigenvalue weighted by Crippen LogP contribution is -2.28. The number of nitrogens with one attached hydrogen (secondary N) is 2. The highest BCUT2D eigenvalue weighted by atomic mass is 32.2. The topological polar surface area (TPSA) is 76.1 Å². The molecule has 0 spiro atoms. The molecular formula is C21H24N4O2S2. The smallest absolute Gasteiger partial charge is 0.230 e. The molecule has 152 valence electrons. The number of carbonyl (C=O) groups excluding carboxylic acids is 1. The van der Waals surface area contributed by atoms with Crippen LogP contribution in [0.4, 0.5) is 10.8 Å². The first-order chi connectivity index (χ1) is 14.1. The van der Waals surface area contributed by atoms with Crippen molar-refractivity contribution in [3.05, 3.63) is 59.7 Å². The van der Waals surface area contributed by atoms with Gasteiger partial charge in [-0.15, -0.1) is 10.2 Å². The summed E-state index contributed by atoms with van der Waals surface area (Å²) < 4.78 is 5.96. The fraction of sp³-hybridized carbons (Fsp3) is 0.286. The molecule has 1 aromatic heterocycles. The highest BCUT2D eigenvalue weighted by Gasteiger charge is 2.12.